The fraction of sp³-hybridized carbons (Fsp3) is 0.0952. The summed E-state index contributed by atoms with van der Waals surface area (Å²) in [5, 5.41) is 7.71. The zero-order valence-corrected chi connectivity index (χ0v) is 16.2. The van der Waals surface area contributed by atoms with Crippen LogP contribution in [-0.2, 0) is 17.3 Å². The molecule has 3 N–H and O–H groups in total. The molecule has 0 radical (unpaired) electrons. The van der Waals surface area contributed by atoms with Crippen LogP contribution < -0.4 is 11.3 Å². The first-order valence-corrected chi connectivity index (χ1v) is 9.73. The van der Waals surface area contributed by atoms with Crippen molar-refractivity contribution in [3.8, 4) is 0 Å². The molecule has 0 aliphatic carbocycles. The number of allylic oxidation sites excluding steroid dienone is 2. The van der Waals surface area contributed by atoms with Gasteiger partial charge in [0.05, 0.1) is 26.8 Å². The van der Waals surface area contributed by atoms with Gasteiger partial charge in [-0.25, -0.2) is 9.31 Å². The first kappa shape index (κ1) is 19.6. The lowest BCUT2D eigenvalue weighted by molar-refractivity contribution is 0.688. The molecule has 0 bridgehead atoms. The van der Waals surface area contributed by atoms with Crippen molar-refractivity contribution in [2.45, 2.75) is 18.4 Å². The maximum Gasteiger partial charge on any atom is 0.272 e. The summed E-state index contributed by atoms with van der Waals surface area (Å²) in [7, 11) is -1.35. The third-order valence-electron chi connectivity index (χ3n) is 4.20. The Hall–Kier alpha value is -3.16. The van der Waals surface area contributed by atoms with Crippen molar-refractivity contribution >= 4 is 33.4 Å². The smallest absolute Gasteiger partial charge is 0.272 e. The minimum absolute atomic E-state index is 0.225. The van der Waals surface area contributed by atoms with Gasteiger partial charge in [-0.15, -0.1) is 0 Å². The van der Waals surface area contributed by atoms with E-state index in [-0.39, 0.29) is 12.1 Å². The van der Waals surface area contributed by atoms with Crippen molar-refractivity contribution in [2.75, 3.05) is 0 Å². The molecule has 0 fully saturated rings. The standard InChI is InChI=1S/C21H20N4O2S/c1-14(12-23-13-15(2)28(27)17-6-4-3-5-7-17)16-8-9-18-19(10-16)20(11-22)24-25-21(18)26/h3-10,12-13H,2,11,22H2,1H3,(H,25,26)/b14-12+,23-13?. The van der Waals surface area contributed by atoms with Crippen LogP contribution in [-0.4, -0.2) is 20.6 Å². The number of nitrogens with two attached hydrogens (primary N) is 1. The van der Waals surface area contributed by atoms with Crippen LogP contribution in [0.4, 0.5) is 0 Å². The first-order chi connectivity index (χ1) is 13.5. The Morgan fingerprint density at radius 2 is 2.00 bits per heavy atom. The predicted molar refractivity (Wildman–Crippen MR) is 114 cm³/mol. The second kappa shape index (κ2) is 8.69. The molecule has 3 rings (SSSR count). The number of nitrogens with zero attached hydrogens (tertiary/aromatic N) is 2. The molecule has 3 aromatic rings. The van der Waals surface area contributed by atoms with Crippen LogP contribution in [0.2, 0.25) is 0 Å². The van der Waals surface area contributed by atoms with Gasteiger partial charge in [0, 0.05) is 29.2 Å². The van der Waals surface area contributed by atoms with Crippen LogP contribution in [0.15, 0.2) is 80.9 Å². The lowest BCUT2D eigenvalue weighted by Gasteiger charge is -2.06. The van der Waals surface area contributed by atoms with Gasteiger partial charge in [0.1, 0.15) is 0 Å². The fourth-order valence-electron chi connectivity index (χ4n) is 2.67. The topological polar surface area (TPSA) is 101 Å². The largest absolute Gasteiger partial charge is 0.325 e. The number of H-pyrrole nitrogens is 1. The molecule has 1 atom stereocenters. The maximum absolute atomic E-state index is 12.4. The molecule has 1 heterocycles. The molecule has 1 unspecified atom stereocenters. The summed E-state index contributed by atoms with van der Waals surface area (Å²) in [6, 6.07) is 14.6. The Bertz CT molecular complexity index is 1160. The van der Waals surface area contributed by atoms with Gasteiger partial charge in [-0.2, -0.15) is 5.10 Å². The van der Waals surface area contributed by atoms with Crippen molar-refractivity contribution in [3.05, 3.63) is 87.8 Å². The minimum Gasteiger partial charge on any atom is -0.325 e. The SMILES string of the molecule is C=C(C=N/C=C(\C)c1ccc2c(=O)[nH]nc(CN)c2c1)S(=O)c1ccccc1. The Labute approximate surface area is 165 Å². The van der Waals surface area contributed by atoms with Gasteiger partial charge in [0.25, 0.3) is 5.56 Å². The van der Waals surface area contributed by atoms with Gasteiger partial charge in [-0.3, -0.25) is 9.79 Å². The van der Waals surface area contributed by atoms with Crippen molar-refractivity contribution in [1.82, 2.24) is 10.2 Å². The highest BCUT2D eigenvalue weighted by Crippen LogP contribution is 2.21. The molecule has 0 aliphatic heterocycles. The lowest BCUT2D eigenvalue weighted by Crippen LogP contribution is -2.13. The summed E-state index contributed by atoms with van der Waals surface area (Å²) >= 11 is 0. The summed E-state index contributed by atoms with van der Waals surface area (Å²) in [5.41, 5.74) is 7.86. The van der Waals surface area contributed by atoms with Crippen LogP contribution in [0.1, 0.15) is 18.2 Å². The zero-order chi connectivity index (χ0) is 20.1. The molecule has 0 saturated heterocycles. The van der Waals surface area contributed by atoms with E-state index >= 15 is 0 Å². The molecule has 1 aromatic heterocycles. The quantitative estimate of drug-likeness (QED) is 0.629. The van der Waals surface area contributed by atoms with Crippen molar-refractivity contribution in [3.63, 3.8) is 0 Å². The molecule has 28 heavy (non-hydrogen) atoms. The van der Waals surface area contributed by atoms with E-state index in [1.807, 2.05) is 37.3 Å². The zero-order valence-electron chi connectivity index (χ0n) is 15.4. The van der Waals surface area contributed by atoms with Gasteiger partial charge in [-0.1, -0.05) is 30.8 Å². The molecule has 0 saturated carbocycles. The Morgan fingerprint density at radius 3 is 2.71 bits per heavy atom. The van der Waals surface area contributed by atoms with E-state index in [1.165, 1.54) is 6.21 Å². The van der Waals surface area contributed by atoms with Gasteiger partial charge in [0.2, 0.25) is 0 Å². The number of hydrogen-bond donors (Lipinski definition) is 2. The van der Waals surface area contributed by atoms with E-state index in [1.54, 1.807) is 24.4 Å². The number of aliphatic imine (C=N–C) groups is 1. The molecule has 7 heteroatoms. The number of nitrogens with one attached hydrogen (secondary N) is 1. The number of aromatic nitrogens is 2. The number of fused-ring (bicyclic) bond motifs is 1. The van der Waals surface area contributed by atoms with Gasteiger partial charge < -0.3 is 5.73 Å². The van der Waals surface area contributed by atoms with Crippen molar-refractivity contribution in [2.24, 2.45) is 10.7 Å². The monoisotopic (exact) mass is 392 g/mol. The summed E-state index contributed by atoms with van der Waals surface area (Å²) in [5.74, 6) is 0. The summed E-state index contributed by atoms with van der Waals surface area (Å²) in [6.07, 6.45) is 3.16. The van der Waals surface area contributed by atoms with E-state index in [4.69, 9.17) is 5.73 Å². The molecule has 0 amide bonds. The molecular formula is C21H20N4O2S. The van der Waals surface area contributed by atoms with Crippen LogP contribution in [0, 0.1) is 0 Å². The Balaban J connectivity index is 1.83. The van der Waals surface area contributed by atoms with Crippen molar-refractivity contribution in [1.29, 1.82) is 0 Å². The Morgan fingerprint density at radius 1 is 1.25 bits per heavy atom. The third-order valence-corrected chi connectivity index (χ3v) is 5.48. The highest BCUT2D eigenvalue weighted by molar-refractivity contribution is 7.90. The predicted octanol–water partition coefficient (Wildman–Crippen LogP) is 3.13. The van der Waals surface area contributed by atoms with Crippen LogP contribution >= 0.6 is 0 Å². The average molecular weight is 392 g/mol. The Kier molecular flexibility index (Phi) is 6.08. The molecule has 6 nitrogen and oxygen atoms in total. The second-order valence-corrected chi connectivity index (χ2v) is 7.64. The van der Waals surface area contributed by atoms with Gasteiger partial charge >= 0.3 is 0 Å². The maximum atomic E-state index is 12.4. The number of rotatable bonds is 6. The van der Waals surface area contributed by atoms with E-state index in [0.29, 0.717) is 20.9 Å². The van der Waals surface area contributed by atoms with Gasteiger partial charge in [-0.05, 0) is 42.3 Å². The first-order valence-electron chi connectivity index (χ1n) is 8.58. The lowest BCUT2D eigenvalue weighted by atomic mass is 10.0. The average Bonchev–Trinajstić information content (AvgIpc) is 2.73. The normalized spacial score (nSPS) is 13.1. The summed E-state index contributed by atoms with van der Waals surface area (Å²) in [6.45, 7) is 5.96. The van der Waals surface area contributed by atoms with Crippen LogP contribution in [0.25, 0.3) is 16.3 Å². The van der Waals surface area contributed by atoms with Crippen LogP contribution in [0.5, 0.6) is 0 Å². The summed E-state index contributed by atoms with van der Waals surface area (Å²) < 4.78 is 12.4. The van der Waals surface area contributed by atoms with Crippen LogP contribution in [0.3, 0.4) is 0 Å². The minimum atomic E-state index is -1.35. The summed E-state index contributed by atoms with van der Waals surface area (Å²) in [4.78, 5) is 17.3. The van der Waals surface area contributed by atoms with E-state index in [0.717, 1.165) is 16.5 Å². The van der Waals surface area contributed by atoms with E-state index in [2.05, 4.69) is 21.8 Å². The molecule has 0 aliphatic rings. The van der Waals surface area contributed by atoms with Crippen molar-refractivity contribution < 1.29 is 4.21 Å². The molecule has 0 spiro atoms. The third kappa shape index (κ3) is 4.21. The van der Waals surface area contributed by atoms with E-state index in [9.17, 15) is 9.00 Å². The van der Waals surface area contributed by atoms with E-state index < -0.39 is 10.8 Å². The number of hydrogen-bond acceptors (Lipinski definition) is 5. The molecule has 142 valence electrons. The highest BCUT2D eigenvalue weighted by Gasteiger charge is 2.07. The highest BCUT2D eigenvalue weighted by atomic mass is 32.2. The second-order valence-electron chi connectivity index (χ2n) is 6.10. The number of benzene rings is 2. The fourth-order valence-corrected chi connectivity index (χ4v) is 3.53. The van der Waals surface area contributed by atoms with Gasteiger partial charge in [0.15, 0.2) is 0 Å². The number of aromatic amines is 1. The molecular weight excluding hydrogens is 372 g/mol. The molecule has 2 aromatic carbocycles.